The molecule has 3 heteroatoms. The number of benzene rings is 1. The Morgan fingerprint density at radius 1 is 1.27 bits per heavy atom. The van der Waals surface area contributed by atoms with Crippen LogP contribution in [0.3, 0.4) is 0 Å². The van der Waals surface area contributed by atoms with E-state index in [4.69, 9.17) is 0 Å². The lowest BCUT2D eigenvalue weighted by Crippen LogP contribution is -2.10. The number of hydrogen-bond acceptors (Lipinski definition) is 2. The largest absolute Gasteiger partial charge is 0.219 e. The Morgan fingerprint density at radius 2 is 2.05 bits per heavy atom. The zero-order chi connectivity index (χ0) is 16.2. The summed E-state index contributed by atoms with van der Waals surface area (Å²) in [6.07, 6.45) is 11.2. The fourth-order valence-corrected chi connectivity index (χ4v) is 4.09. The van der Waals surface area contributed by atoms with Crippen molar-refractivity contribution in [1.29, 1.82) is 0 Å². The molecule has 1 aromatic rings. The predicted molar refractivity (Wildman–Crippen MR) is 92.6 cm³/mol. The van der Waals surface area contributed by atoms with Gasteiger partial charge in [0.05, 0.1) is 9.80 Å². The van der Waals surface area contributed by atoms with Gasteiger partial charge in [-0.1, -0.05) is 50.5 Å². The van der Waals surface area contributed by atoms with Crippen LogP contribution in [0.25, 0.3) is 0 Å². The maximum absolute atomic E-state index is 12.8. The molecule has 22 heavy (non-hydrogen) atoms. The summed E-state index contributed by atoms with van der Waals surface area (Å²) < 4.78 is 25.5. The summed E-state index contributed by atoms with van der Waals surface area (Å²) in [6.45, 7) is 9.35. The molecule has 2 rings (SSSR count). The lowest BCUT2D eigenvalue weighted by atomic mass is 9.84. The molecule has 0 bridgehead atoms. The first kappa shape index (κ1) is 16.5. The van der Waals surface area contributed by atoms with Crippen molar-refractivity contribution in [3.05, 3.63) is 77.8 Å². The van der Waals surface area contributed by atoms with E-state index in [2.05, 4.69) is 20.1 Å². The molecule has 0 fully saturated rings. The third-order valence-electron chi connectivity index (χ3n) is 4.06. The molecule has 0 unspecified atom stereocenters. The van der Waals surface area contributed by atoms with Crippen molar-refractivity contribution in [2.75, 3.05) is 0 Å². The van der Waals surface area contributed by atoms with Gasteiger partial charge in [0.1, 0.15) is 0 Å². The summed E-state index contributed by atoms with van der Waals surface area (Å²) in [6, 6.07) is 5.50. The summed E-state index contributed by atoms with van der Waals surface area (Å²) in [7, 11) is -3.53. The summed E-state index contributed by atoms with van der Waals surface area (Å²) in [5.41, 5.74) is 2.44. The Kier molecular flexibility index (Phi) is 5.19. The zero-order valence-electron chi connectivity index (χ0n) is 13.0. The van der Waals surface area contributed by atoms with Crippen LogP contribution >= 0.6 is 0 Å². The van der Waals surface area contributed by atoms with Gasteiger partial charge in [0.2, 0.25) is 9.84 Å². The number of rotatable bonds is 5. The van der Waals surface area contributed by atoms with E-state index in [1.807, 2.05) is 12.1 Å². The van der Waals surface area contributed by atoms with Crippen LogP contribution in [0.4, 0.5) is 0 Å². The van der Waals surface area contributed by atoms with Crippen molar-refractivity contribution >= 4 is 9.84 Å². The van der Waals surface area contributed by atoms with Crippen LogP contribution in [0.1, 0.15) is 36.8 Å². The number of sulfone groups is 1. The van der Waals surface area contributed by atoms with Crippen LogP contribution in [0.15, 0.2) is 71.5 Å². The number of aryl methyl sites for hydroxylation is 1. The Bertz CT molecular complexity index is 737. The second kappa shape index (κ2) is 6.93. The average Bonchev–Trinajstić information content (AvgIpc) is 2.51. The fraction of sp³-hybridized carbons (Fsp3) is 0.263. The monoisotopic (exact) mass is 314 g/mol. The molecule has 0 saturated carbocycles. The van der Waals surface area contributed by atoms with Crippen LogP contribution in [0.5, 0.6) is 0 Å². The van der Waals surface area contributed by atoms with Crippen molar-refractivity contribution in [2.45, 2.75) is 37.0 Å². The van der Waals surface area contributed by atoms with Crippen molar-refractivity contribution in [1.82, 2.24) is 0 Å². The molecule has 0 aliphatic heterocycles. The molecule has 0 N–H and O–H groups in total. The molecule has 1 atom stereocenters. The van der Waals surface area contributed by atoms with Crippen LogP contribution in [0.2, 0.25) is 0 Å². The minimum atomic E-state index is -3.53. The standard InChI is InChI=1S/C19H22O2S/c1-4-6-7-11-17(5-2)22(20,21)18-13-12-16-10-8-9-15(3)19(16)14-18/h4-7,11-15H,1-2,8-10H2,3H3/b7-6-,17-11+/t15-/m1/s1. The highest BCUT2D eigenvalue weighted by Gasteiger charge is 2.22. The first-order chi connectivity index (χ1) is 10.5. The molecule has 1 aromatic carbocycles. The van der Waals surface area contributed by atoms with Crippen molar-refractivity contribution < 1.29 is 8.42 Å². The average molecular weight is 314 g/mol. The predicted octanol–water partition coefficient (Wildman–Crippen LogP) is 4.71. The zero-order valence-corrected chi connectivity index (χ0v) is 13.8. The minimum absolute atomic E-state index is 0.203. The van der Waals surface area contributed by atoms with E-state index in [0.717, 1.165) is 18.4 Å². The quantitative estimate of drug-likeness (QED) is 0.737. The van der Waals surface area contributed by atoms with E-state index in [-0.39, 0.29) is 4.91 Å². The third-order valence-corrected chi connectivity index (χ3v) is 5.86. The Balaban J connectivity index is 2.47. The molecule has 0 spiro atoms. The number of hydrogen-bond donors (Lipinski definition) is 0. The van der Waals surface area contributed by atoms with Crippen molar-refractivity contribution in [3.8, 4) is 0 Å². The van der Waals surface area contributed by atoms with Gasteiger partial charge in [-0.05, 0) is 54.5 Å². The van der Waals surface area contributed by atoms with Gasteiger partial charge in [-0.25, -0.2) is 8.42 Å². The first-order valence-corrected chi connectivity index (χ1v) is 8.98. The highest BCUT2D eigenvalue weighted by atomic mass is 32.2. The van der Waals surface area contributed by atoms with Gasteiger partial charge in [-0.3, -0.25) is 0 Å². The fourth-order valence-electron chi connectivity index (χ4n) is 2.81. The summed E-state index contributed by atoms with van der Waals surface area (Å²) in [4.78, 5) is 0.548. The van der Waals surface area contributed by atoms with Crippen LogP contribution in [-0.2, 0) is 16.3 Å². The SMILES string of the molecule is C=C/C=C\C=C(/C=C)S(=O)(=O)c1ccc2c(c1)[C@H](C)CCC2. The van der Waals surface area contributed by atoms with Crippen LogP contribution in [0, 0.1) is 0 Å². The number of fused-ring (bicyclic) bond motifs is 1. The van der Waals surface area contributed by atoms with Crippen molar-refractivity contribution in [3.63, 3.8) is 0 Å². The van der Waals surface area contributed by atoms with Gasteiger partial charge in [-0.15, -0.1) is 0 Å². The Hall–Kier alpha value is -1.87. The number of allylic oxidation sites excluding steroid dienone is 5. The molecular weight excluding hydrogens is 292 g/mol. The van der Waals surface area contributed by atoms with Gasteiger partial charge >= 0.3 is 0 Å². The third kappa shape index (κ3) is 3.30. The molecule has 0 heterocycles. The van der Waals surface area contributed by atoms with E-state index in [1.54, 1.807) is 30.4 Å². The smallest absolute Gasteiger partial charge is 0.206 e. The van der Waals surface area contributed by atoms with Gasteiger partial charge < -0.3 is 0 Å². The van der Waals surface area contributed by atoms with Crippen molar-refractivity contribution in [2.24, 2.45) is 0 Å². The highest BCUT2D eigenvalue weighted by Crippen LogP contribution is 2.33. The van der Waals surface area contributed by atoms with Gasteiger partial charge in [0.15, 0.2) is 0 Å². The molecule has 0 amide bonds. The maximum Gasteiger partial charge on any atom is 0.206 e. The van der Waals surface area contributed by atoms with Gasteiger partial charge in [-0.2, -0.15) is 0 Å². The topological polar surface area (TPSA) is 34.1 Å². The minimum Gasteiger partial charge on any atom is -0.219 e. The molecular formula is C19H22O2S. The van der Waals surface area contributed by atoms with Gasteiger partial charge in [0, 0.05) is 0 Å². The second-order valence-electron chi connectivity index (χ2n) is 5.55. The molecule has 0 saturated heterocycles. The molecule has 2 nitrogen and oxygen atoms in total. The van der Waals surface area contributed by atoms with E-state index >= 15 is 0 Å². The first-order valence-electron chi connectivity index (χ1n) is 7.50. The second-order valence-corrected chi connectivity index (χ2v) is 7.50. The summed E-state index contributed by atoms with van der Waals surface area (Å²) in [5.74, 6) is 0.413. The lowest BCUT2D eigenvalue weighted by molar-refractivity contribution is 0.585. The molecule has 116 valence electrons. The normalized spacial score (nSPS) is 19.0. The van der Waals surface area contributed by atoms with Crippen LogP contribution < -0.4 is 0 Å². The highest BCUT2D eigenvalue weighted by molar-refractivity contribution is 7.95. The van der Waals surface area contributed by atoms with Crippen LogP contribution in [-0.4, -0.2) is 8.42 Å². The lowest BCUT2D eigenvalue weighted by Gasteiger charge is -2.23. The molecule has 0 aromatic heterocycles. The molecule has 0 radical (unpaired) electrons. The van der Waals surface area contributed by atoms with E-state index in [0.29, 0.717) is 10.8 Å². The Labute approximate surface area is 133 Å². The van der Waals surface area contributed by atoms with E-state index in [9.17, 15) is 8.42 Å². The van der Waals surface area contributed by atoms with Gasteiger partial charge in [0.25, 0.3) is 0 Å². The summed E-state index contributed by atoms with van der Waals surface area (Å²) in [5, 5.41) is 0. The summed E-state index contributed by atoms with van der Waals surface area (Å²) >= 11 is 0. The molecule has 1 aliphatic carbocycles. The van der Waals surface area contributed by atoms with E-state index in [1.165, 1.54) is 18.1 Å². The van der Waals surface area contributed by atoms with E-state index < -0.39 is 9.84 Å². The molecule has 1 aliphatic rings. The Morgan fingerprint density at radius 3 is 2.73 bits per heavy atom. The maximum atomic E-state index is 12.8.